The molecule has 29 heavy (non-hydrogen) atoms. The first-order valence-corrected chi connectivity index (χ1v) is 9.64. The highest BCUT2D eigenvalue weighted by Gasteiger charge is 2.63. The van der Waals surface area contributed by atoms with E-state index in [1.54, 1.807) is 4.90 Å². The monoisotopic (exact) mass is 405 g/mol. The van der Waals surface area contributed by atoms with Gasteiger partial charge in [0.2, 0.25) is 17.7 Å². The van der Waals surface area contributed by atoms with E-state index in [4.69, 9.17) is 22.7 Å². The number of H-pyrrole nitrogens is 2. The van der Waals surface area contributed by atoms with Gasteiger partial charge in [0, 0.05) is 11.1 Å². The Morgan fingerprint density at radius 1 is 1.28 bits per heavy atom. The number of nitrogens with zero attached hydrogens (tertiary/aromatic N) is 2. The second kappa shape index (κ2) is 5.19. The molecule has 1 spiro atoms. The minimum absolute atomic E-state index is 0.0657. The topological polar surface area (TPSA) is 111 Å². The third-order valence-electron chi connectivity index (χ3n) is 5.99. The van der Waals surface area contributed by atoms with Crippen LogP contribution in [0.2, 0.25) is 0 Å². The average molecular weight is 405 g/mol. The van der Waals surface area contributed by atoms with Gasteiger partial charge in [-0.25, -0.2) is 0 Å². The summed E-state index contributed by atoms with van der Waals surface area (Å²) in [7, 11) is 0. The van der Waals surface area contributed by atoms with Crippen LogP contribution >= 0.6 is 12.2 Å². The second-order valence-corrected chi connectivity index (χ2v) is 8.72. The second-order valence-electron chi connectivity index (χ2n) is 8.32. The lowest BCUT2D eigenvalue weighted by Gasteiger charge is -2.40. The van der Waals surface area contributed by atoms with Gasteiger partial charge in [-0.3, -0.25) is 4.79 Å². The van der Waals surface area contributed by atoms with Gasteiger partial charge in [0.15, 0.2) is 10.2 Å². The third kappa shape index (κ3) is 1.90. The molecular formula is C21H19N5O2S. The van der Waals surface area contributed by atoms with E-state index < -0.39 is 11.0 Å². The van der Waals surface area contributed by atoms with Gasteiger partial charge >= 0.3 is 0 Å². The lowest BCUT2D eigenvalue weighted by molar-refractivity contribution is -0.121. The van der Waals surface area contributed by atoms with Gasteiger partial charge in [-0.2, -0.15) is 5.26 Å². The number of nitrogens with one attached hydrogen (secondary N) is 2. The van der Waals surface area contributed by atoms with Crippen LogP contribution in [-0.4, -0.2) is 21.4 Å². The Balaban J connectivity index is 2.01. The van der Waals surface area contributed by atoms with Crippen LogP contribution in [0.1, 0.15) is 43.2 Å². The van der Waals surface area contributed by atoms with E-state index in [9.17, 15) is 10.1 Å². The molecule has 146 valence electrons. The van der Waals surface area contributed by atoms with Crippen molar-refractivity contribution in [3.8, 4) is 11.9 Å². The van der Waals surface area contributed by atoms with Crippen LogP contribution in [0.3, 0.4) is 0 Å². The minimum Gasteiger partial charge on any atom is -0.422 e. The van der Waals surface area contributed by atoms with Crippen molar-refractivity contribution in [1.29, 1.82) is 5.26 Å². The maximum atomic E-state index is 14.2. The summed E-state index contributed by atoms with van der Waals surface area (Å²) >= 11 is 5.27. The molecule has 3 aliphatic heterocycles. The summed E-state index contributed by atoms with van der Waals surface area (Å²) in [6.07, 6.45) is 2.08. The molecule has 1 aromatic carbocycles. The molecule has 1 amide bonds. The van der Waals surface area contributed by atoms with Gasteiger partial charge in [0.05, 0.1) is 11.2 Å². The Hall–Kier alpha value is -3.31. The standard InChI is InChI=1S/C21H19N5O2S/c1-9-5-11-10(2)7-20(3,4)26-14(11)12(6-9)21(18(26)27)13(8-22)16(23)28-17-15(21)24-19(29)25-17/h5-7H,23H2,1-4H3,(H2,24,25,29)/t21-/m0/s1. The normalized spacial score (nSPS) is 23.5. The van der Waals surface area contributed by atoms with Gasteiger partial charge in [-0.05, 0) is 51.6 Å². The zero-order chi connectivity index (χ0) is 20.9. The number of aromatic nitrogens is 2. The van der Waals surface area contributed by atoms with Crippen molar-refractivity contribution >= 4 is 29.4 Å². The zero-order valence-electron chi connectivity index (χ0n) is 16.4. The number of hydrogen-bond acceptors (Lipinski definition) is 5. The maximum Gasteiger partial charge on any atom is 0.250 e. The Kier molecular flexibility index (Phi) is 3.18. The number of hydrogen-bond donors (Lipinski definition) is 3. The number of carbonyl (C=O) groups excluding carboxylic acids is 1. The molecule has 0 saturated heterocycles. The molecule has 0 aliphatic carbocycles. The Morgan fingerprint density at radius 3 is 2.69 bits per heavy atom. The molecule has 0 bridgehead atoms. The molecule has 4 heterocycles. The minimum atomic E-state index is -1.44. The van der Waals surface area contributed by atoms with Crippen molar-refractivity contribution in [3.63, 3.8) is 0 Å². The van der Waals surface area contributed by atoms with E-state index in [1.807, 2.05) is 33.8 Å². The SMILES string of the molecule is CC1=CC(C)(C)N2C(=O)[C@]3(C(C#N)=C(N)Oc4[nH]c(=S)[nH]c43)c3cc(C)cc1c32. The van der Waals surface area contributed by atoms with Gasteiger partial charge in [0.25, 0.3) is 0 Å². The molecule has 4 N–H and O–H groups in total. The fraction of sp³-hybridized carbons (Fsp3) is 0.286. The summed E-state index contributed by atoms with van der Waals surface area (Å²) in [5.41, 5.74) is 9.16. The molecule has 1 aromatic heterocycles. The summed E-state index contributed by atoms with van der Waals surface area (Å²) in [6.45, 7) is 7.99. The number of rotatable bonds is 0. The van der Waals surface area contributed by atoms with Crippen LogP contribution in [-0.2, 0) is 10.2 Å². The average Bonchev–Trinajstić information content (AvgIpc) is 3.10. The molecule has 2 aromatic rings. The van der Waals surface area contributed by atoms with E-state index in [0.29, 0.717) is 16.0 Å². The predicted molar refractivity (Wildman–Crippen MR) is 111 cm³/mol. The quantitative estimate of drug-likeness (QED) is 0.583. The molecule has 0 fully saturated rings. The predicted octanol–water partition coefficient (Wildman–Crippen LogP) is 3.30. The van der Waals surface area contributed by atoms with Gasteiger partial charge < -0.3 is 25.3 Å². The summed E-state index contributed by atoms with van der Waals surface area (Å²) in [6, 6.07) is 6.17. The highest BCUT2D eigenvalue weighted by Crippen LogP contribution is 2.59. The smallest absolute Gasteiger partial charge is 0.250 e. The van der Waals surface area contributed by atoms with E-state index in [1.165, 1.54) is 0 Å². The number of aryl methyl sites for hydroxylation is 1. The maximum absolute atomic E-state index is 14.2. The first-order chi connectivity index (χ1) is 13.6. The number of anilines is 1. The van der Waals surface area contributed by atoms with Gasteiger partial charge in [-0.15, -0.1) is 0 Å². The number of fused-ring (bicyclic) bond motifs is 3. The molecule has 5 rings (SSSR count). The molecule has 8 heteroatoms. The number of nitrogens with two attached hydrogens (primary N) is 1. The third-order valence-corrected chi connectivity index (χ3v) is 6.19. The van der Waals surface area contributed by atoms with Crippen LogP contribution in [0, 0.1) is 23.0 Å². The zero-order valence-corrected chi connectivity index (χ0v) is 17.2. The first-order valence-electron chi connectivity index (χ1n) is 9.23. The number of imidazole rings is 1. The summed E-state index contributed by atoms with van der Waals surface area (Å²) in [5, 5.41) is 10.1. The number of amides is 1. The van der Waals surface area contributed by atoms with Gasteiger partial charge in [-0.1, -0.05) is 17.7 Å². The molecule has 0 unspecified atom stereocenters. The number of allylic oxidation sites excluding steroid dienone is 1. The Bertz CT molecular complexity index is 1300. The number of ether oxygens (including phenoxy) is 1. The lowest BCUT2D eigenvalue weighted by atomic mass is 9.71. The molecule has 3 aliphatic rings. The van der Waals surface area contributed by atoms with Crippen LogP contribution in [0.15, 0.2) is 29.7 Å². The van der Waals surface area contributed by atoms with Crippen molar-refractivity contribution in [2.75, 3.05) is 4.90 Å². The number of benzene rings is 1. The lowest BCUT2D eigenvalue weighted by Crippen LogP contribution is -2.53. The van der Waals surface area contributed by atoms with Crippen molar-refractivity contribution in [1.82, 2.24) is 9.97 Å². The van der Waals surface area contributed by atoms with Crippen molar-refractivity contribution < 1.29 is 9.53 Å². The Labute approximate surface area is 172 Å². The fourth-order valence-corrected chi connectivity index (χ4v) is 5.21. The van der Waals surface area contributed by atoms with Crippen LogP contribution in [0.5, 0.6) is 5.88 Å². The van der Waals surface area contributed by atoms with Gasteiger partial charge in [0.1, 0.15) is 17.3 Å². The van der Waals surface area contributed by atoms with E-state index in [-0.39, 0.29) is 23.2 Å². The van der Waals surface area contributed by atoms with Crippen molar-refractivity contribution in [2.45, 2.75) is 38.6 Å². The summed E-state index contributed by atoms with van der Waals surface area (Å²) in [4.78, 5) is 21.9. The highest BCUT2D eigenvalue weighted by atomic mass is 32.1. The van der Waals surface area contributed by atoms with Crippen LogP contribution < -0.4 is 15.4 Å². The first kappa shape index (κ1) is 17.8. The van der Waals surface area contributed by atoms with Crippen molar-refractivity contribution in [3.05, 3.63) is 56.8 Å². The summed E-state index contributed by atoms with van der Waals surface area (Å²) < 4.78 is 5.92. The summed E-state index contributed by atoms with van der Waals surface area (Å²) in [5.74, 6) is -0.0870. The Morgan fingerprint density at radius 2 is 2.00 bits per heavy atom. The van der Waals surface area contributed by atoms with Crippen LogP contribution in [0.25, 0.3) is 5.57 Å². The fourth-order valence-electron chi connectivity index (χ4n) is 5.01. The van der Waals surface area contributed by atoms with E-state index >= 15 is 0 Å². The number of carbonyl (C=O) groups is 1. The van der Waals surface area contributed by atoms with Crippen LogP contribution in [0.4, 0.5) is 5.69 Å². The largest absolute Gasteiger partial charge is 0.422 e. The highest BCUT2D eigenvalue weighted by molar-refractivity contribution is 7.71. The molecule has 1 atom stereocenters. The number of aromatic amines is 2. The molecule has 0 saturated carbocycles. The van der Waals surface area contributed by atoms with E-state index in [0.717, 1.165) is 22.4 Å². The molecular weight excluding hydrogens is 386 g/mol. The van der Waals surface area contributed by atoms with E-state index in [2.05, 4.69) is 28.2 Å². The van der Waals surface area contributed by atoms with Crippen molar-refractivity contribution in [2.24, 2.45) is 5.73 Å². The molecule has 0 radical (unpaired) electrons. The molecule has 7 nitrogen and oxygen atoms in total. The number of nitriles is 1.